The van der Waals surface area contributed by atoms with Gasteiger partial charge in [-0.15, -0.1) is 0 Å². The van der Waals surface area contributed by atoms with Crippen LogP contribution in [0.4, 0.5) is 0 Å². The zero-order valence-corrected chi connectivity index (χ0v) is 12.8. The number of carbonyl (C=O) groups is 1. The van der Waals surface area contributed by atoms with Crippen molar-refractivity contribution in [3.63, 3.8) is 0 Å². The molecule has 1 N–H and O–H groups in total. The van der Waals surface area contributed by atoms with Crippen LogP contribution in [0.3, 0.4) is 0 Å². The highest BCUT2D eigenvalue weighted by atomic mass is 127. The first kappa shape index (κ1) is 14.0. The van der Waals surface area contributed by atoms with Gasteiger partial charge in [0.25, 0.3) is 5.91 Å². The minimum absolute atomic E-state index is 0.233. The average molecular weight is 390 g/mol. The molecule has 0 fully saturated rings. The Labute approximate surface area is 128 Å². The number of rotatable bonds is 3. The molecule has 0 spiro atoms. The molecule has 0 unspecified atom stereocenters. The lowest BCUT2D eigenvalue weighted by atomic mass is 10.3. The number of aryl methyl sites for hydroxylation is 1. The molecule has 2 heterocycles. The van der Waals surface area contributed by atoms with E-state index in [-0.39, 0.29) is 11.6 Å². The van der Waals surface area contributed by atoms with Gasteiger partial charge in [-0.3, -0.25) is 4.79 Å². The van der Waals surface area contributed by atoms with Gasteiger partial charge in [-0.1, -0.05) is 22.8 Å². The van der Waals surface area contributed by atoms with Gasteiger partial charge in [-0.25, -0.2) is 4.98 Å². The Morgan fingerprint density at radius 1 is 1.47 bits per heavy atom. The van der Waals surface area contributed by atoms with Crippen molar-refractivity contribution >= 4 is 43.7 Å². The van der Waals surface area contributed by atoms with Crippen LogP contribution in [-0.2, 0) is 0 Å². The van der Waals surface area contributed by atoms with Crippen LogP contribution in [0, 0.1) is 6.92 Å². The molecule has 2 rings (SSSR count). The fourth-order valence-corrected chi connectivity index (χ4v) is 1.91. The van der Waals surface area contributed by atoms with E-state index in [2.05, 4.69) is 38.0 Å². The summed E-state index contributed by atoms with van der Waals surface area (Å²) in [5.41, 5.74) is 0.918. The molecule has 0 bridgehead atoms. The molecule has 0 saturated heterocycles. The Bertz CT molecular complexity index is 639. The minimum Gasteiger partial charge on any atom is -0.361 e. The topological polar surface area (TPSA) is 68.0 Å². The third-order valence-electron chi connectivity index (χ3n) is 2.15. The molecule has 0 saturated carbocycles. The predicted molar refractivity (Wildman–Crippen MR) is 80.0 cm³/mol. The third-order valence-corrected chi connectivity index (χ3v) is 3.22. The van der Waals surface area contributed by atoms with Gasteiger partial charge >= 0.3 is 0 Å². The van der Waals surface area contributed by atoms with E-state index in [0.717, 1.165) is 3.58 Å². The molecule has 0 aliphatic heterocycles. The Hall–Kier alpha value is -1.41. The summed E-state index contributed by atoms with van der Waals surface area (Å²) < 4.78 is 5.59. The first-order valence-corrected chi connectivity index (χ1v) is 6.75. The number of amides is 1. The van der Waals surface area contributed by atoms with Crippen LogP contribution >= 0.6 is 34.2 Å². The van der Waals surface area contributed by atoms with Crippen LogP contribution in [0.25, 0.3) is 3.58 Å². The van der Waals surface area contributed by atoms with Crippen LogP contribution in [0.1, 0.15) is 21.9 Å². The van der Waals surface area contributed by atoms with E-state index in [1.165, 1.54) is 0 Å². The van der Waals surface area contributed by atoms with Gasteiger partial charge in [-0.05, 0) is 41.6 Å². The van der Waals surface area contributed by atoms with E-state index >= 15 is 0 Å². The van der Waals surface area contributed by atoms with Crippen molar-refractivity contribution in [1.82, 2.24) is 15.5 Å². The van der Waals surface area contributed by atoms with Crippen molar-refractivity contribution in [2.24, 2.45) is 0 Å². The van der Waals surface area contributed by atoms with Crippen molar-refractivity contribution in [1.29, 1.82) is 0 Å². The summed E-state index contributed by atoms with van der Waals surface area (Å²) in [6.45, 7) is 1.72. The van der Waals surface area contributed by atoms with Crippen LogP contribution in [0.2, 0.25) is 5.15 Å². The molecule has 0 atom stereocenters. The number of halogens is 2. The normalized spacial score (nSPS) is 11.4. The Kier molecular flexibility index (Phi) is 4.54. The molecule has 7 heteroatoms. The van der Waals surface area contributed by atoms with Crippen LogP contribution < -0.4 is 5.32 Å². The number of nitrogens with zero attached hydrogens (tertiary/aromatic N) is 2. The number of carbonyl (C=O) groups excluding carboxylic acids is 1. The first-order chi connectivity index (χ1) is 9.06. The maximum Gasteiger partial charge on any atom is 0.277 e. The Morgan fingerprint density at radius 3 is 2.89 bits per heavy atom. The molecule has 2 aromatic heterocycles. The Morgan fingerprint density at radius 2 is 2.26 bits per heavy atom. The smallest absolute Gasteiger partial charge is 0.277 e. The lowest BCUT2D eigenvalue weighted by molar-refractivity contribution is 0.0961. The fourth-order valence-electron chi connectivity index (χ4n) is 1.29. The summed E-state index contributed by atoms with van der Waals surface area (Å²) in [4.78, 5) is 15.9. The van der Waals surface area contributed by atoms with Gasteiger partial charge in [0, 0.05) is 12.3 Å². The molecular formula is C12H9ClIN3O2. The lowest BCUT2D eigenvalue weighted by Crippen LogP contribution is -2.17. The van der Waals surface area contributed by atoms with Gasteiger partial charge in [0.1, 0.15) is 10.9 Å². The van der Waals surface area contributed by atoms with Crippen molar-refractivity contribution in [2.75, 3.05) is 0 Å². The molecule has 0 aliphatic rings. The van der Waals surface area contributed by atoms with Crippen LogP contribution in [-0.4, -0.2) is 16.0 Å². The van der Waals surface area contributed by atoms with E-state index in [1.807, 2.05) is 0 Å². The first-order valence-electron chi connectivity index (χ1n) is 5.29. The molecule has 19 heavy (non-hydrogen) atoms. The van der Waals surface area contributed by atoms with Crippen molar-refractivity contribution < 1.29 is 9.32 Å². The molecule has 0 aromatic carbocycles. The molecular weight excluding hydrogens is 381 g/mol. The second-order valence-electron chi connectivity index (χ2n) is 3.63. The van der Waals surface area contributed by atoms with Crippen molar-refractivity contribution in [3.8, 4) is 0 Å². The highest BCUT2D eigenvalue weighted by Gasteiger charge is 2.09. The van der Waals surface area contributed by atoms with E-state index in [1.54, 1.807) is 37.4 Å². The maximum absolute atomic E-state index is 11.7. The summed E-state index contributed by atoms with van der Waals surface area (Å²) in [6, 6.07) is 6.84. The Balaban J connectivity index is 2.08. The van der Waals surface area contributed by atoms with E-state index < -0.39 is 0 Å². The van der Waals surface area contributed by atoms with Gasteiger partial charge in [0.15, 0.2) is 5.69 Å². The molecule has 98 valence electrons. The molecule has 0 aliphatic carbocycles. The summed E-state index contributed by atoms with van der Waals surface area (Å²) in [7, 11) is 0. The van der Waals surface area contributed by atoms with E-state index in [0.29, 0.717) is 16.6 Å². The zero-order valence-electron chi connectivity index (χ0n) is 9.85. The highest BCUT2D eigenvalue weighted by molar-refractivity contribution is 14.1. The van der Waals surface area contributed by atoms with Crippen molar-refractivity contribution in [3.05, 3.63) is 52.8 Å². The summed E-state index contributed by atoms with van der Waals surface area (Å²) >= 11 is 7.86. The lowest BCUT2D eigenvalue weighted by Gasteiger charge is -2.00. The molecule has 1 amide bonds. The minimum atomic E-state index is -0.340. The number of pyridine rings is 1. The van der Waals surface area contributed by atoms with Gasteiger partial charge < -0.3 is 9.84 Å². The molecule has 2 aromatic rings. The molecule has 0 radical (unpaired) electrons. The largest absolute Gasteiger partial charge is 0.361 e. The number of aromatic nitrogens is 2. The van der Waals surface area contributed by atoms with Gasteiger partial charge in [-0.2, -0.15) is 0 Å². The second kappa shape index (κ2) is 6.16. The number of hydrogen-bond donors (Lipinski definition) is 1. The maximum atomic E-state index is 11.7. The summed E-state index contributed by atoms with van der Waals surface area (Å²) in [6.07, 6.45) is 1.55. The summed E-state index contributed by atoms with van der Waals surface area (Å²) in [5.74, 6) is 0.244. The number of hydrogen-bond acceptors (Lipinski definition) is 4. The fraction of sp³-hybridized carbons (Fsp3) is 0.0833. The SMILES string of the molecule is Cc1cc(C(=O)N/C=C(/I)c2cccc(Cl)n2)no1. The molecule has 5 nitrogen and oxygen atoms in total. The highest BCUT2D eigenvalue weighted by Crippen LogP contribution is 2.20. The monoisotopic (exact) mass is 389 g/mol. The van der Waals surface area contributed by atoms with E-state index in [4.69, 9.17) is 16.1 Å². The van der Waals surface area contributed by atoms with Crippen molar-refractivity contribution in [2.45, 2.75) is 6.92 Å². The number of nitrogens with one attached hydrogen (secondary N) is 1. The predicted octanol–water partition coefficient (Wildman–Crippen LogP) is 3.19. The van der Waals surface area contributed by atoms with Gasteiger partial charge in [0.2, 0.25) is 0 Å². The van der Waals surface area contributed by atoms with Crippen LogP contribution in [0.5, 0.6) is 0 Å². The quantitative estimate of drug-likeness (QED) is 0.647. The third kappa shape index (κ3) is 3.77. The standard InChI is InChI=1S/C12H9ClIN3O2/c1-7-5-10(17-19-7)12(18)15-6-8(14)9-3-2-4-11(13)16-9/h2-6H,1H3,(H,15,18)/b8-6+. The van der Waals surface area contributed by atoms with Gasteiger partial charge in [0.05, 0.1) is 9.27 Å². The summed E-state index contributed by atoms with van der Waals surface area (Å²) in [5, 5.41) is 6.64. The van der Waals surface area contributed by atoms with E-state index in [9.17, 15) is 4.79 Å². The average Bonchev–Trinajstić information content (AvgIpc) is 2.82. The van der Waals surface area contributed by atoms with Crippen LogP contribution in [0.15, 0.2) is 35.0 Å². The zero-order chi connectivity index (χ0) is 13.8. The second-order valence-corrected chi connectivity index (χ2v) is 5.18.